The number of para-hydroxylation sites is 1. The first kappa shape index (κ1) is 16.8. The van der Waals surface area contributed by atoms with Crippen LogP contribution in [0.25, 0.3) is 11.0 Å². The standard InChI is InChI=1S/C19H18N6O3/c1-12-19(26)23(13-6-8-14(9-7-13)25(27)28)17-10-11-18(22(12)17)24-16-5-3-2-4-15(16)20-21-24/h2-9,12,17-18H,10-11H2,1H3. The van der Waals surface area contributed by atoms with Gasteiger partial charge in [0, 0.05) is 17.8 Å². The van der Waals surface area contributed by atoms with Crippen molar-refractivity contribution in [3.63, 3.8) is 0 Å². The van der Waals surface area contributed by atoms with Gasteiger partial charge in [-0.05, 0) is 44.0 Å². The highest BCUT2D eigenvalue weighted by Gasteiger charge is 2.52. The summed E-state index contributed by atoms with van der Waals surface area (Å²) in [7, 11) is 0. The highest BCUT2D eigenvalue weighted by atomic mass is 16.6. The van der Waals surface area contributed by atoms with Gasteiger partial charge in [-0.2, -0.15) is 0 Å². The molecule has 3 unspecified atom stereocenters. The molecule has 28 heavy (non-hydrogen) atoms. The molecule has 2 fully saturated rings. The summed E-state index contributed by atoms with van der Waals surface area (Å²) in [5.74, 6) is -0.00651. The van der Waals surface area contributed by atoms with Crippen LogP contribution in [0.15, 0.2) is 48.5 Å². The summed E-state index contributed by atoms with van der Waals surface area (Å²) < 4.78 is 1.90. The molecule has 0 radical (unpaired) electrons. The van der Waals surface area contributed by atoms with E-state index in [2.05, 4.69) is 15.2 Å². The normalized spacial score (nSPS) is 24.8. The summed E-state index contributed by atoms with van der Waals surface area (Å²) in [4.78, 5) is 27.4. The molecule has 0 saturated carbocycles. The predicted molar refractivity (Wildman–Crippen MR) is 101 cm³/mol. The Morgan fingerprint density at radius 3 is 2.54 bits per heavy atom. The van der Waals surface area contributed by atoms with Crippen LogP contribution in [-0.2, 0) is 4.79 Å². The number of rotatable bonds is 3. The fourth-order valence-corrected chi connectivity index (χ4v) is 4.44. The second-order valence-corrected chi connectivity index (χ2v) is 7.17. The number of nitro benzene ring substituents is 1. The maximum absolute atomic E-state index is 13.0. The Balaban J connectivity index is 1.50. The number of benzene rings is 2. The van der Waals surface area contributed by atoms with E-state index in [9.17, 15) is 14.9 Å². The fraction of sp³-hybridized carbons (Fsp3) is 0.316. The van der Waals surface area contributed by atoms with Crippen LogP contribution in [0.5, 0.6) is 0 Å². The molecule has 9 nitrogen and oxygen atoms in total. The number of anilines is 1. The zero-order valence-corrected chi connectivity index (χ0v) is 15.2. The fourth-order valence-electron chi connectivity index (χ4n) is 4.44. The van der Waals surface area contributed by atoms with E-state index in [1.54, 1.807) is 17.0 Å². The van der Waals surface area contributed by atoms with E-state index in [1.807, 2.05) is 35.9 Å². The number of carbonyl (C=O) groups excluding carboxylic acids is 1. The predicted octanol–water partition coefficient (Wildman–Crippen LogP) is 2.70. The Morgan fingerprint density at radius 2 is 1.79 bits per heavy atom. The number of amides is 1. The van der Waals surface area contributed by atoms with E-state index in [0.29, 0.717) is 5.69 Å². The summed E-state index contributed by atoms with van der Waals surface area (Å²) in [6.45, 7) is 1.90. The highest BCUT2D eigenvalue weighted by Crippen LogP contribution is 2.43. The summed E-state index contributed by atoms with van der Waals surface area (Å²) in [6, 6.07) is 13.6. The van der Waals surface area contributed by atoms with E-state index in [4.69, 9.17) is 0 Å². The Morgan fingerprint density at radius 1 is 1.07 bits per heavy atom. The van der Waals surface area contributed by atoms with Crippen molar-refractivity contribution in [2.24, 2.45) is 0 Å². The van der Waals surface area contributed by atoms with Crippen molar-refractivity contribution in [1.29, 1.82) is 0 Å². The molecular formula is C19H18N6O3. The van der Waals surface area contributed by atoms with E-state index in [-0.39, 0.29) is 30.0 Å². The molecule has 2 aromatic carbocycles. The molecule has 0 bridgehead atoms. The van der Waals surface area contributed by atoms with Crippen molar-refractivity contribution >= 4 is 28.3 Å². The number of nitrogens with zero attached hydrogens (tertiary/aromatic N) is 6. The molecule has 2 aliphatic rings. The quantitative estimate of drug-likeness (QED) is 0.513. The zero-order chi connectivity index (χ0) is 19.4. The van der Waals surface area contributed by atoms with Crippen molar-refractivity contribution in [3.05, 3.63) is 58.6 Å². The largest absolute Gasteiger partial charge is 0.295 e. The molecule has 1 aromatic heterocycles. The lowest BCUT2D eigenvalue weighted by molar-refractivity contribution is -0.384. The number of hydrogen-bond donors (Lipinski definition) is 0. The number of non-ortho nitro benzene ring substituents is 1. The molecule has 0 spiro atoms. The van der Waals surface area contributed by atoms with E-state index >= 15 is 0 Å². The van der Waals surface area contributed by atoms with Crippen LogP contribution in [0.1, 0.15) is 25.9 Å². The minimum Gasteiger partial charge on any atom is -0.295 e. The van der Waals surface area contributed by atoms with Crippen LogP contribution in [0.2, 0.25) is 0 Å². The van der Waals surface area contributed by atoms with Gasteiger partial charge in [0.2, 0.25) is 5.91 Å². The number of aromatic nitrogens is 3. The third-order valence-electron chi connectivity index (χ3n) is 5.71. The molecule has 3 aromatic rings. The molecule has 0 aliphatic carbocycles. The van der Waals surface area contributed by atoms with Crippen molar-refractivity contribution in [2.45, 2.75) is 38.1 Å². The molecule has 1 amide bonds. The molecule has 2 aliphatic heterocycles. The van der Waals surface area contributed by atoms with Crippen molar-refractivity contribution < 1.29 is 9.72 Å². The molecule has 0 N–H and O–H groups in total. The first-order valence-corrected chi connectivity index (χ1v) is 9.21. The average molecular weight is 378 g/mol. The summed E-state index contributed by atoms with van der Waals surface area (Å²) in [6.07, 6.45) is 1.49. The molecule has 9 heteroatoms. The Kier molecular flexibility index (Phi) is 3.66. The molecule has 2 saturated heterocycles. The minimum atomic E-state index is -0.439. The van der Waals surface area contributed by atoms with Gasteiger partial charge >= 0.3 is 0 Å². The van der Waals surface area contributed by atoms with Gasteiger partial charge < -0.3 is 0 Å². The summed E-state index contributed by atoms with van der Waals surface area (Å²) in [5.41, 5.74) is 2.47. The van der Waals surface area contributed by atoms with Crippen LogP contribution in [0.3, 0.4) is 0 Å². The van der Waals surface area contributed by atoms with Crippen LogP contribution >= 0.6 is 0 Å². The second kappa shape index (κ2) is 6.10. The second-order valence-electron chi connectivity index (χ2n) is 7.17. The van der Waals surface area contributed by atoms with E-state index in [1.165, 1.54) is 12.1 Å². The van der Waals surface area contributed by atoms with Crippen LogP contribution in [0, 0.1) is 10.1 Å². The van der Waals surface area contributed by atoms with Crippen LogP contribution in [0.4, 0.5) is 11.4 Å². The number of nitro groups is 1. The topological polar surface area (TPSA) is 97.4 Å². The average Bonchev–Trinajstić information content (AvgIpc) is 3.37. The lowest BCUT2D eigenvalue weighted by Crippen LogP contribution is -2.38. The van der Waals surface area contributed by atoms with Crippen LogP contribution < -0.4 is 4.90 Å². The van der Waals surface area contributed by atoms with E-state index in [0.717, 1.165) is 23.9 Å². The first-order valence-electron chi connectivity index (χ1n) is 9.21. The monoisotopic (exact) mass is 378 g/mol. The number of fused-ring (bicyclic) bond motifs is 2. The Hall–Kier alpha value is -3.33. The van der Waals surface area contributed by atoms with Crippen molar-refractivity contribution in [2.75, 3.05) is 4.90 Å². The highest BCUT2D eigenvalue weighted by molar-refractivity contribution is 6.00. The van der Waals surface area contributed by atoms with Gasteiger partial charge in [0.1, 0.15) is 11.7 Å². The zero-order valence-electron chi connectivity index (χ0n) is 15.2. The Bertz CT molecular complexity index is 1080. The summed E-state index contributed by atoms with van der Waals surface area (Å²) >= 11 is 0. The maximum atomic E-state index is 13.0. The van der Waals surface area contributed by atoms with Crippen molar-refractivity contribution in [1.82, 2.24) is 19.9 Å². The lowest BCUT2D eigenvalue weighted by Gasteiger charge is -2.28. The van der Waals surface area contributed by atoms with Gasteiger partial charge in [-0.15, -0.1) is 5.10 Å². The third-order valence-corrected chi connectivity index (χ3v) is 5.71. The molecule has 3 atom stereocenters. The number of carbonyl (C=O) groups is 1. The van der Waals surface area contributed by atoms with E-state index < -0.39 is 4.92 Å². The Labute approximate surface area is 160 Å². The first-order chi connectivity index (χ1) is 13.6. The SMILES string of the molecule is CC1C(=O)N(c2ccc([N+](=O)[O-])cc2)C2CCC(n3nnc4ccccc43)N12. The lowest BCUT2D eigenvalue weighted by atomic mass is 10.2. The maximum Gasteiger partial charge on any atom is 0.269 e. The molecule has 5 rings (SSSR count). The van der Waals surface area contributed by atoms with Crippen molar-refractivity contribution in [3.8, 4) is 0 Å². The van der Waals surface area contributed by atoms with Gasteiger partial charge in [-0.3, -0.25) is 19.8 Å². The van der Waals surface area contributed by atoms with Gasteiger partial charge in [-0.25, -0.2) is 9.58 Å². The van der Waals surface area contributed by atoms with Gasteiger partial charge in [0.25, 0.3) is 5.69 Å². The minimum absolute atomic E-state index is 0.00651. The molecule has 142 valence electrons. The molecule has 3 heterocycles. The molecular weight excluding hydrogens is 360 g/mol. The smallest absolute Gasteiger partial charge is 0.269 e. The van der Waals surface area contributed by atoms with Gasteiger partial charge in [0.05, 0.1) is 22.6 Å². The summed E-state index contributed by atoms with van der Waals surface area (Å²) in [5, 5.41) is 19.5. The van der Waals surface area contributed by atoms with Gasteiger partial charge in [-0.1, -0.05) is 17.3 Å². The number of hydrogen-bond acceptors (Lipinski definition) is 6. The third kappa shape index (κ3) is 2.32. The van der Waals surface area contributed by atoms with Crippen LogP contribution in [-0.4, -0.2) is 42.9 Å². The van der Waals surface area contributed by atoms with Gasteiger partial charge in [0.15, 0.2) is 0 Å².